The van der Waals surface area contributed by atoms with Crippen molar-refractivity contribution in [3.05, 3.63) is 29.1 Å². The summed E-state index contributed by atoms with van der Waals surface area (Å²) in [4.78, 5) is 11.0. The van der Waals surface area contributed by atoms with Gasteiger partial charge in [-0.05, 0) is 24.6 Å². The smallest absolute Gasteiger partial charge is 0.339 e. The van der Waals surface area contributed by atoms with Gasteiger partial charge in [0.05, 0.1) is 7.11 Å². The van der Waals surface area contributed by atoms with Crippen LogP contribution < -0.4 is 0 Å². The lowest BCUT2D eigenvalue weighted by Gasteiger charge is -2.12. The zero-order valence-corrected chi connectivity index (χ0v) is 8.32. The number of phenolic OH excluding ortho intramolecular Hbond substituents is 1. The van der Waals surface area contributed by atoms with Crippen LogP contribution >= 0.6 is 0 Å². The van der Waals surface area contributed by atoms with E-state index < -0.39 is 17.9 Å². The maximum absolute atomic E-state index is 13.0. The van der Waals surface area contributed by atoms with E-state index in [1.165, 1.54) is 6.92 Å². The average Bonchev–Trinajstić information content (AvgIpc) is 2.21. The molecule has 0 fully saturated rings. The molecule has 0 heterocycles. The molecule has 1 aromatic carbocycles. The van der Waals surface area contributed by atoms with Crippen molar-refractivity contribution in [1.29, 1.82) is 0 Å². The van der Waals surface area contributed by atoms with Crippen molar-refractivity contribution >= 4 is 5.97 Å². The Bertz CT molecular complexity index is 389. The minimum absolute atomic E-state index is 0.195. The molecule has 2 N–H and O–H groups in total. The van der Waals surface area contributed by atoms with Crippen LogP contribution in [0.5, 0.6) is 5.75 Å². The summed E-state index contributed by atoms with van der Waals surface area (Å²) in [5, 5.41) is 18.9. The molecular weight excluding hydrogens is 203 g/mol. The number of rotatable bonds is 2. The number of carbonyl (C=O) groups excluding carboxylic acids is 1. The number of hydrogen-bond acceptors (Lipinski definition) is 4. The average molecular weight is 214 g/mol. The molecule has 15 heavy (non-hydrogen) atoms. The maximum Gasteiger partial charge on any atom is 0.339 e. The quantitative estimate of drug-likeness (QED) is 0.722. The molecule has 0 aliphatic heterocycles. The van der Waals surface area contributed by atoms with Crippen LogP contribution in [0.1, 0.15) is 17.2 Å². The van der Waals surface area contributed by atoms with Gasteiger partial charge >= 0.3 is 5.97 Å². The second kappa shape index (κ2) is 4.27. The fourth-order valence-electron chi connectivity index (χ4n) is 1.21. The Morgan fingerprint density at radius 1 is 1.53 bits per heavy atom. The normalized spacial score (nSPS) is 12.3. The Balaban J connectivity index is 3.19. The zero-order chi connectivity index (χ0) is 11.6. The fraction of sp³-hybridized carbons (Fsp3) is 0.300. The molecule has 0 amide bonds. The molecule has 0 aromatic heterocycles. The summed E-state index contributed by atoms with van der Waals surface area (Å²) in [6.45, 7) is 1.46. The monoisotopic (exact) mass is 214 g/mol. The van der Waals surface area contributed by atoms with E-state index in [2.05, 4.69) is 4.74 Å². The number of carbonyl (C=O) groups is 1. The predicted molar refractivity (Wildman–Crippen MR) is 49.8 cm³/mol. The third-order valence-corrected chi connectivity index (χ3v) is 2.01. The number of aliphatic hydroxyl groups excluding tert-OH is 1. The number of esters is 1. The van der Waals surface area contributed by atoms with Crippen molar-refractivity contribution in [3.8, 4) is 5.75 Å². The van der Waals surface area contributed by atoms with Crippen molar-refractivity contribution in [2.75, 3.05) is 7.11 Å². The van der Waals surface area contributed by atoms with Gasteiger partial charge in [-0.2, -0.15) is 0 Å². The highest BCUT2D eigenvalue weighted by atomic mass is 19.1. The molecule has 4 nitrogen and oxygen atoms in total. The summed E-state index contributed by atoms with van der Waals surface area (Å²) in [5.74, 6) is -1.90. The van der Waals surface area contributed by atoms with Gasteiger partial charge in [-0.25, -0.2) is 9.18 Å². The van der Waals surface area contributed by atoms with Crippen molar-refractivity contribution in [2.45, 2.75) is 13.0 Å². The molecule has 0 saturated carbocycles. The van der Waals surface area contributed by atoms with Gasteiger partial charge in [0.2, 0.25) is 0 Å². The molecule has 1 atom stereocenters. The van der Waals surface area contributed by atoms with Crippen LogP contribution in [0.25, 0.3) is 0 Å². The zero-order valence-electron chi connectivity index (χ0n) is 8.32. The predicted octanol–water partition coefficient (Wildman–Crippen LogP) is 1.05. The fourth-order valence-corrected chi connectivity index (χ4v) is 1.21. The van der Waals surface area contributed by atoms with Gasteiger partial charge in [0, 0.05) is 5.56 Å². The standard InChI is InChI=1S/C10H11FO4/c1-5-3-6(11)4-7(8(5)12)9(13)10(14)15-2/h3-4,9,12-13H,1-2H3. The lowest BCUT2D eigenvalue weighted by Crippen LogP contribution is -2.14. The van der Waals surface area contributed by atoms with Crippen molar-refractivity contribution in [2.24, 2.45) is 0 Å². The van der Waals surface area contributed by atoms with Crippen LogP contribution in [-0.2, 0) is 9.53 Å². The van der Waals surface area contributed by atoms with Crippen LogP contribution in [0.15, 0.2) is 12.1 Å². The number of halogens is 1. The molecule has 0 bridgehead atoms. The first-order chi connectivity index (χ1) is 6.97. The second-order valence-corrected chi connectivity index (χ2v) is 3.09. The summed E-state index contributed by atoms with van der Waals surface area (Å²) in [6, 6.07) is 1.99. The molecule has 1 rings (SSSR count). The lowest BCUT2D eigenvalue weighted by atomic mass is 10.0. The van der Waals surface area contributed by atoms with E-state index in [0.717, 1.165) is 19.2 Å². The molecule has 0 radical (unpaired) electrons. The van der Waals surface area contributed by atoms with Gasteiger partial charge < -0.3 is 14.9 Å². The Morgan fingerprint density at radius 3 is 2.67 bits per heavy atom. The van der Waals surface area contributed by atoms with Gasteiger partial charge in [0.1, 0.15) is 11.6 Å². The first-order valence-electron chi connectivity index (χ1n) is 4.22. The Morgan fingerprint density at radius 2 is 2.13 bits per heavy atom. The number of benzene rings is 1. The van der Waals surface area contributed by atoms with E-state index in [1.54, 1.807) is 0 Å². The first kappa shape index (κ1) is 11.5. The van der Waals surface area contributed by atoms with E-state index in [1.807, 2.05) is 0 Å². The van der Waals surface area contributed by atoms with Crippen LogP contribution in [0.4, 0.5) is 4.39 Å². The van der Waals surface area contributed by atoms with Gasteiger partial charge in [-0.1, -0.05) is 0 Å². The van der Waals surface area contributed by atoms with Crippen LogP contribution in [0.2, 0.25) is 0 Å². The van der Waals surface area contributed by atoms with Gasteiger partial charge in [-0.3, -0.25) is 0 Å². The highest BCUT2D eigenvalue weighted by Crippen LogP contribution is 2.29. The van der Waals surface area contributed by atoms with E-state index in [4.69, 9.17) is 0 Å². The third-order valence-electron chi connectivity index (χ3n) is 2.01. The second-order valence-electron chi connectivity index (χ2n) is 3.09. The van der Waals surface area contributed by atoms with Crippen molar-refractivity contribution in [1.82, 2.24) is 0 Å². The highest BCUT2D eigenvalue weighted by molar-refractivity contribution is 5.77. The molecule has 0 aliphatic carbocycles. The molecule has 5 heteroatoms. The molecule has 1 unspecified atom stereocenters. The van der Waals surface area contributed by atoms with Crippen molar-refractivity contribution in [3.63, 3.8) is 0 Å². The number of phenols is 1. The summed E-state index contributed by atoms with van der Waals surface area (Å²) in [6.07, 6.45) is -1.68. The Hall–Kier alpha value is -1.62. The van der Waals surface area contributed by atoms with E-state index >= 15 is 0 Å². The van der Waals surface area contributed by atoms with E-state index in [-0.39, 0.29) is 16.9 Å². The number of aryl methyl sites for hydroxylation is 1. The van der Waals surface area contributed by atoms with Crippen molar-refractivity contribution < 1.29 is 24.1 Å². The first-order valence-corrected chi connectivity index (χ1v) is 4.22. The summed E-state index contributed by atoms with van der Waals surface area (Å²) in [7, 11) is 1.09. The minimum Gasteiger partial charge on any atom is -0.507 e. The van der Waals surface area contributed by atoms with Crippen LogP contribution in [0.3, 0.4) is 0 Å². The minimum atomic E-state index is -1.68. The van der Waals surface area contributed by atoms with Gasteiger partial charge in [-0.15, -0.1) is 0 Å². The lowest BCUT2D eigenvalue weighted by molar-refractivity contribution is -0.150. The highest BCUT2D eigenvalue weighted by Gasteiger charge is 2.23. The molecule has 1 aromatic rings. The molecule has 0 spiro atoms. The van der Waals surface area contributed by atoms with Crippen LogP contribution in [0, 0.1) is 12.7 Å². The number of ether oxygens (including phenoxy) is 1. The van der Waals surface area contributed by atoms with Crippen LogP contribution in [-0.4, -0.2) is 23.3 Å². The number of aromatic hydroxyl groups is 1. The van der Waals surface area contributed by atoms with Gasteiger partial charge in [0.25, 0.3) is 0 Å². The molecule has 0 aliphatic rings. The molecular formula is C10H11FO4. The Labute approximate surface area is 85.9 Å². The van der Waals surface area contributed by atoms with E-state index in [9.17, 15) is 19.4 Å². The summed E-state index contributed by atoms with van der Waals surface area (Å²) < 4.78 is 17.2. The topological polar surface area (TPSA) is 66.8 Å². The number of methoxy groups -OCH3 is 1. The SMILES string of the molecule is COC(=O)C(O)c1cc(F)cc(C)c1O. The van der Waals surface area contributed by atoms with E-state index in [0.29, 0.717) is 0 Å². The number of hydrogen-bond donors (Lipinski definition) is 2. The Kier molecular flexibility index (Phi) is 3.26. The third kappa shape index (κ3) is 2.24. The van der Waals surface area contributed by atoms with Gasteiger partial charge in [0.15, 0.2) is 6.10 Å². The molecule has 82 valence electrons. The number of aliphatic hydroxyl groups is 1. The summed E-state index contributed by atoms with van der Waals surface area (Å²) >= 11 is 0. The molecule has 0 saturated heterocycles. The maximum atomic E-state index is 13.0. The summed E-state index contributed by atoms with van der Waals surface area (Å²) in [5.41, 5.74) is 0.0484. The largest absolute Gasteiger partial charge is 0.507 e.